The minimum Gasteiger partial charge on any atom is -0.354 e. The van der Waals surface area contributed by atoms with Gasteiger partial charge in [-0.05, 0) is 18.4 Å². The van der Waals surface area contributed by atoms with E-state index in [-0.39, 0.29) is 17.2 Å². The van der Waals surface area contributed by atoms with Crippen molar-refractivity contribution < 1.29 is 9.59 Å². The van der Waals surface area contributed by atoms with E-state index in [1.165, 1.54) is 0 Å². The molecule has 4 heteroatoms. The highest BCUT2D eigenvalue weighted by molar-refractivity contribution is 5.92. The van der Waals surface area contributed by atoms with E-state index in [9.17, 15) is 9.59 Å². The summed E-state index contributed by atoms with van der Waals surface area (Å²) in [6.07, 6.45) is 2.26. The Balaban J connectivity index is 1.78. The smallest absolute Gasteiger partial charge is 0.233 e. The predicted octanol–water partition coefficient (Wildman–Crippen LogP) is 1.07. The number of rotatable bonds is 2. The standard InChI is InChI=1S/C15H18N2O2/c18-13-6-10-17(11-9-16-13)14(19)15(7-8-15)12-4-2-1-3-5-12/h1-5H,6-11H2,(H,16,18). The summed E-state index contributed by atoms with van der Waals surface area (Å²) in [6.45, 7) is 1.73. The normalized spacial score (nSPS) is 21.5. The molecule has 0 radical (unpaired) electrons. The molecule has 3 rings (SSSR count). The summed E-state index contributed by atoms with van der Waals surface area (Å²) in [7, 11) is 0. The Hall–Kier alpha value is -1.84. The molecule has 0 spiro atoms. The van der Waals surface area contributed by atoms with Gasteiger partial charge in [-0.25, -0.2) is 0 Å². The van der Waals surface area contributed by atoms with Crippen LogP contribution in [0.3, 0.4) is 0 Å². The van der Waals surface area contributed by atoms with Crippen molar-refractivity contribution in [1.82, 2.24) is 10.2 Å². The summed E-state index contributed by atoms with van der Waals surface area (Å²) >= 11 is 0. The van der Waals surface area contributed by atoms with Gasteiger partial charge in [0.15, 0.2) is 0 Å². The summed E-state index contributed by atoms with van der Waals surface area (Å²) in [5.41, 5.74) is 0.804. The van der Waals surface area contributed by atoms with Gasteiger partial charge in [0.2, 0.25) is 11.8 Å². The summed E-state index contributed by atoms with van der Waals surface area (Å²) in [5, 5.41) is 2.81. The van der Waals surface area contributed by atoms with E-state index in [0.717, 1.165) is 18.4 Å². The van der Waals surface area contributed by atoms with Crippen molar-refractivity contribution in [2.24, 2.45) is 0 Å². The van der Waals surface area contributed by atoms with Crippen LogP contribution in [0.1, 0.15) is 24.8 Å². The molecule has 1 saturated carbocycles. The van der Waals surface area contributed by atoms with Crippen molar-refractivity contribution in [1.29, 1.82) is 0 Å². The van der Waals surface area contributed by atoms with E-state index in [1.54, 1.807) is 0 Å². The van der Waals surface area contributed by atoms with E-state index >= 15 is 0 Å². The number of hydrogen-bond donors (Lipinski definition) is 1. The van der Waals surface area contributed by atoms with Gasteiger partial charge in [-0.2, -0.15) is 0 Å². The molecule has 0 unspecified atom stereocenters. The van der Waals surface area contributed by atoms with Gasteiger partial charge in [0.1, 0.15) is 0 Å². The van der Waals surface area contributed by atoms with Crippen molar-refractivity contribution in [3.05, 3.63) is 35.9 Å². The molecule has 1 heterocycles. The van der Waals surface area contributed by atoms with Crippen LogP contribution in [0.25, 0.3) is 0 Å². The summed E-state index contributed by atoms with van der Waals surface area (Å²) < 4.78 is 0. The van der Waals surface area contributed by atoms with Crippen LogP contribution in [-0.4, -0.2) is 36.3 Å². The van der Waals surface area contributed by atoms with Gasteiger partial charge in [-0.3, -0.25) is 9.59 Å². The monoisotopic (exact) mass is 258 g/mol. The van der Waals surface area contributed by atoms with Gasteiger partial charge >= 0.3 is 0 Å². The number of nitrogens with zero attached hydrogens (tertiary/aromatic N) is 1. The Morgan fingerprint density at radius 1 is 1.16 bits per heavy atom. The summed E-state index contributed by atoms with van der Waals surface area (Å²) in [4.78, 5) is 25.9. The Morgan fingerprint density at radius 3 is 2.58 bits per heavy atom. The highest BCUT2D eigenvalue weighted by atomic mass is 16.2. The van der Waals surface area contributed by atoms with Crippen LogP contribution in [0.4, 0.5) is 0 Å². The first kappa shape index (κ1) is 12.2. The highest BCUT2D eigenvalue weighted by Gasteiger charge is 2.52. The Labute approximate surface area is 112 Å². The lowest BCUT2D eigenvalue weighted by Crippen LogP contribution is -2.41. The second-order valence-corrected chi connectivity index (χ2v) is 5.34. The summed E-state index contributed by atoms with van der Waals surface area (Å²) in [6, 6.07) is 10.0. The molecule has 100 valence electrons. The Morgan fingerprint density at radius 2 is 1.89 bits per heavy atom. The van der Waals surface area contributed by atoms with Crippen molar-refractivity contribution in [3.63, 3.8) is 0 Å². The third kappa shape index (κ3) is 2.23. The minimum atomic E-state index is -0.311. The highest BCUT2D eigenvalue weighted by Crippen LogP contribution is 2.49. The van der Waals surface area contributed by atoms with Crippen LogP contribution in [-0.2, 0) is 15.0 Å². The molecule has 19 heavy (non-hydrogen) atoms. The van der Waals surface area contributed by atoms with Gasteiger partial charge in [0.25, 0.3) is 0 Å². The van der Waals surface area contributed by atoms with E-state index in [0.29, 0.717) is 26.1 Å². The number of benzene rings is 1. The topological polar surface area (TPSA) is 49.4 Å². The lowest BCUT2D eigenvalue weighted by molar-refractivity contribution is -0.133. The van der Waals surface area contributed by atoms with E-state index in [2.05, 4.69) is 5.32 Å². The molecule has 1 saturated heterocycles. The Bertz CT molecular complexity index is 494. The molecule has 1 aromatic rings. The maximum Gasteiger partial charge on any atom is 0.233 e. The summed E-state index contributed by atoms with van der Waals surface area (Å²) in [5.74, 6) is 0.232. The largest absolute Gasteiger partial charge is 0.354 e. The zero-order valence-corrected chi connectivity index (χ0v) is 10.9. The van der Waals surface area contributed by atoms with Crippen molar-refractivity contribution in [2.45, 2.75) is 24.7 Å². The molecule has 1 N–H and O–H groups in total. The first-order chi connectivity index (χ1) is 9.22. The van der Waals surface area contributed by atoms with Gasteiger partial charge < -0.3 is 10.2 Å². The van der Waals surface area contributed by atoms with Gasteiger partial charge in [-0.1, -0.05) is 30.3 Å². The first-order valence-corrected chi connectivity index (χ1v) is 6.84. The van der Waals surface area contributed by atoms with E-state index in [1.807, 2.05) is 35.2 Å². The van der Waals surface area contributed by atoms with Crippen LogP contribution in [0.2, 0.25) is 0 Å². The van der Waals surface area contributed by atoms with Crippen LogP contribution >= 0.6 is 0 Å². The zero-order valence-electron chi connectivity index (χ0n) is 10.9. The third-order valence-corrected chi connectivity index (χ3v) is 4.09. The molecule has 2 fully saturated rings. The lowest BCUT2D eigenvalue weighted by Gasteiger charge is -2.25. The number of amides is 2. The average molecular weight is 258 g/mol. The minimum absolute atomic E-state index is 0.0415. The number of hydrogen-bond acceptors (Lipinski definition) is 2. The van der Waals surface area contributed by atoms with E-state index < -0.39 is 0 Å². The second-order valence-electron chi connectivity index (χ2n) is 5.34. The fourth-order valence-corrected chi connectivity index (χ4v) is 2.78. The van der Waals surface area contributed by atoms with Crippen LogP contribution in [0.5, 0.6) is 0 Å². The molecule has 1 aromatic carbocycles. The van der Waals surface area contributed by atoms with Gasteiger partial charge in [0.05, 0.1) is 5.41 Å². The lowest BCUT2D eigenvalue weighted by atomic mass is 9.94. The van der Waals surface area contributed by atoms with Gasteiger partial charge in [-0.15, -0.1) is 0 Å². The second kappa shape index (κ2) is 4.68. The van der Waals surface area contributed by atoms with Crippen LogP contribution < -0.4 is 5.32 Å². The SMILES string of the molecule is O=C1CCN(C(=O)C2(c3ccccc3)CC2)CCN1. The third-order valence-electron chi connectivity index (χ3n) is 4.09. The number of nitrogens with one attached hydrogen (secondary N) is 1. The molecular weight excluding hydrogens is 240 g/mol. The van der Waals surface area contributed by atoms with Crippen LogP contribution in [0, 0.1) is 0 Å². The van der Waals surface area contributed by atoms with Crippen LogP contribution in [0.15, 0.2) is 30.3 Å². The molecule has 2 amide bonds. The molecular formula is C15H18N2O2. The fraction of sp³-hybridized carbons (Fsp3) is 0.467. The maximum absolute atomic E-state index is 12.7. The first-order valence-electron chi connectivity index (χ1n) is 6.84. The zero-order chi connectivity index (χ0) is 13.3. The number of carbonyl (C=O) groups excluding carboxylic acids is 2. The molecule has 1 aliphatic carbocycles. The molecule has 1 aliphatic heterocycles. The molecule has 2 aliphatic rings. The molecule has 0 atom stereocenters. The predicted molar refractivity (Wildman–Crippen MR) is 71.6 cm³/mol. The van der Waals surface area contributed by atoms with Crippen molar-refractivity contribution >= 4 is 11.8 Å². The Kier molecular flexibility index (Phi) is 3.01. The quantitative estimate of drug-likeness (QED) is 0.862. The van der Waals surface area contributed by atoms with E-state index in [4.69, 9.17) is 0 Å². The number of carbonyl (C=O) groups is 2. The molecule has 0 aromatic heterocycles. The van der Waals surface area contributed by atoms with Crippen molar-refractivity contribution in [2.75, 3.05) is 19.6 Å². The van der Waals surface area contributed by atoms with Gasteiger partial charge in [0, 0.05) is 26.1 Å². The molecule has 0 bridgehead atoms. The van der Waals surface area contributed by atoms with Crippen molar-refractivity contribution in [3.8, 4) is 0 Å². The average Bonchev–Trinajstić information content (AvgIpc) is 3.25. The molecule has 4 nitrogen and oxygen atoms in total. The maximum atomic E-state index is 12.7. The fourth-order valence-electron chi connectivity index (χ4n) is 2.78.